The molecule has 1 saturated carbocycles. The van der Waals surface area contributed by atoms with E-state index < -0.39 is 11.5 Å². The third-order valence-corrected chi connectivity index (χ3v) is 9.16. The molecule has 5 atom stereocenters. The quantitative estimate of drug-likeness (QED) is 0.445. The zero-order valence-corrected chi connectivity index (χ0v) is 20.8. The fourth-order valence-corrected chi connectivity index (χ4v) is 7.11. The number of nitrogens with one attached hydrogen (secondary N) is 2. The highest BCUT2D eigenvalue weighted by Crippen LogP contribution is 2.62. The molecule has 2 aliphatic carbocycles. The van der Waals surface area contributed by atoms with Crippen LogP contribution in [0.1, 0.15) is 56.5 Å². The van der Waals surface area contributed by atoms with Gasteiger partial charge in [0, 0.05) is 60.6 Å². The van der Waals surface area contributed by atoms with Crippen LogP contribution in [0.4, 0.5) is 0 Å². The maximum atomic E-state index is 13.0. The molecule has 2 heterocycles. The highest BCUT2D eigenvalue weighted by Gasteiger charge is 2.59. The number of aliphatic hydroxyl groups is 2. The number of amides is 2. The summed E-state index contributed by atoms with van der Waals surface area (Å²) in [7, 11) is 0. The Hall–Kier alpha value is -2.36. The third-order valence-electron chi connectivity index (χ3n) is 8.01. The smallest absolute Gasteiger partial charge is 0.220 e. The van der Waals surface area contributed by atoms with Gasteiger partial charge in [-0.25, -0.2) is 4.98 Å². The Labute approximate surface area is 204 Å². The van der Waals surface area contributed by atoms with Crippen molar-refractivity contribution in [3.8, 4) is 10.6 Å². The largest absolute Gasteiger partial charge is 0.396 e. The van der Waals surface area contributed by atoms with Crippen molar-refractivity contribution in [1.82, 2.24) is 20.6 Å². The van der Waals surface area contributed by atoms with E-state index in [1.807, 2.05) is 19.1 Å². The predicted molar refractivity (Wildman–Crippen MR) is 130 cm³/mol. The SMILES string of the molecule is CC(=O)NCCNC(=O)C[C@@H]1c2nc(-c3cccnc3)sc2C[C@@H]2[C@](C)(CO)[C@H](O)CC[C@]21C. The van der Waals surface area contributed by atoms with Crippen LogP contribution >= 0.6 is 11.3 Å². The van der Waals surface area contributed by atoms with Gasteiger partial charge in [0.15, 0.2) is 0 Å². The van der Waals surface area contributed by atoms with Crippen LogP contribution in [0, 0.1) is 16.7 Å². The molecule has 9 heteroatoms. The molecule has 34 heavy (non-hydrogen) atoms. The molecule has 2 aliphatic rings. The maximum Gasteiger partial charge on any atom is 0.220 e. The van der Waals surface area contributed by atoms with E-state index >= 15 is 0 Å². The number of hydrogen-bond acceptors (Lipinski definition) is 7. The number of aromatic nitrogens is 2. The zero-order chi connectivity index (χ0) is 24.5. The van der Waals surface area contributed by atoms with Crippen molar-refractivity contribution in [1.29, 1.82) is 0 Å². The van der Waals surface area contributed by atoms with Crippen LogP contribution in [0.25, 0.3) is 10.6 Å². The molecule has 184 valence electrons. The Morgan fingerprint density at radius 2 is 2.03 bits per heavy atom. The number of carbonyl (C=O) groups excluding carboxylic acids is 2. The Morgan fingerprint density at radius 3 is 2.71 bits per heavy atom. The first kappa shape index (κ1) is 24.8. The van der Waals surface area contributed by atoms with Crippen LogP contribution in [0.15, 0.2) is 24.5 Å². The van der Waals surface area contributed by atoms with Crippen LogP contribution < -0.4 is 10.6 Å². The summed E-state index contributed by atoms with van der Waals surface area (Å²) in [5, 5.41) is 27.7. The molecule has 0 bridgehead atoms. The highest BCUT2D eigenvalue weighted by molar-refractivity contribution is 7.15. The lowest BCUT2D eigenvalue weighted by Gasteiger charge is -2.58. The van der Waals surface area contributed by atoms with E-state index in [9.17, 15) is 19.8 Å². The number of pyridine rings is 1. The monoisotopic (exact) mass is 486 g/mol. The summed E-state index contributed by atoms with van der Waals surface area (Å²) in [6.07, 6.45) is 5.28. The van der Waals surface area contributed by atoms with E-state index in [2.05, 4.69) is 22.5 Å². The molecule has 4 rings (SSSR count). The first-order valence-corrected chi connectivity index (χ1v) is 12.7. The van der Waals surface area contributed by atoms with Gasteiger partial charge in [-0.15, -0.1) is 11.3 Å². The molecule has 0 aliphatic heterocycles. The number of rotatable bonds is 7. The molecular weight excluding hydrogens is 452 g/mol. The lowest BCUT2D eigenvalue weighted by atomic mass is 9.47. The van der Waals surface area contributed by atoms with Gasteiger partial charge < -0.3 is 20.8 Å². The van der Waals surface area contributed by atoms with E-state index in [0.717, 1.165) is 34.0 Å². The van der Waals surface area contributed by atoms with E-state index in [4.69, 9.17) is 4.98 Å². The van der Waals surface area contributed by atoms with Crippen LogP contribution in [-0.4, -0.2) is 57.8 Å². The molecule has 0 saturated heterocycles. The van der Waals surface area contributed by atoms with Gasteiger partial charge >= 0.3 is 0 Å². The van der Waals surface area contributed by atoms with Crippen LogP contribution in [0.5, 0.6) is 0 Å². The van der Waals surface area contributed by atoms with Crippen molar-refractivity contribution < 1.29 is 19.8 Å². The van der Waals surface area contributed by atoms with Crippen molar-refractivity contribution in [2.75, 3.05) is 19.7 Å². The van der Waals surface area contributed by atoms with Crippen LogP contribution in [0.3, 0.4) is 0 Å². The van der Waals surface area contributed by atoms with Gasteiger partial charge in [-0.05, 0) is 42.7 Å². The molecule has 2 amide bonds. The number of aliphatic hydroxyl groups excluding tert-OH is 2. The van der Waals surface area contributed by atoms with Crippen LogP contribution in [0.2, 0.25) is 0 Å². The Balaban J connectivity index is 1.68. The van der Waals surface area contributed by atoms with Crippen LogP contribution in [-0.2, 0) is 16.0 Å². The van der Waals surface area contributed by atoms with E-state index in [0.29, 0.717) is 19.5 Å². The van der Waals surface area contributed by atoms with Gasteiger partial charge in [0.2, 0.25) is 11.8 Å². The summed E-state index contributed by atoms with van der Waals surface area (Å²) in [6, 6.07) is 3.87. The maximum absolute atomic E-state index is 13.0. The standard InChI is InChI=1S/C25H34N4O4S/c1-15(31)27-9-10-28-21(33)11-17-22-18(34-23(29-22)16-5-4-8-26-13-16)12-19-24(17,2)7-6-20(32)25(19,3)14-30/h4-5,8,13,17,19-20,30,32H,6-7,9-12,14H2,1-3H3,(H,27,31)(H,28,33)/t17-,19+,20-,24+,25+/m1/s1. The van der Waals surface area contributed by atoms with Crippen molar-refractivity contribution in [2.45, 2.75) is 58.5 Å². The number of hydrogen-bond donors (Lipinski definition) is 4. The normalized spacial score (nSPS) is 30.2. The minimum absolute atomic E-state index is 0.0145. The average Bonchev–Trinajstić information content (AvgIpc) is 3.25. The Bertz CT molecular complexity index is 1040. The Morgan fingerprint density at radius 1 is 1.26 bits per heavy atom. The number of nitrogens with zero attached hydrogens (tertiary/aromatic N) is 2. The van der Waals surface area contributed by atoms with Crippen molar-refractivity contribution >= 4 is 23.2 Å². The average molecular weight is 487 g/mol. The number of carbonyl (C=O) groups is 2. The minimum atomic E-state index is -0.650. The summed E-state index contributed by atoms with van der Waals surface area (Å²) >= 11 is 1.62. The fraction of sp³-hybridized carbons (Fsp3) is 0.600. The molecule has 0 spiro atoms. The fourth-order valence-electron chi connectivity index (χ4n) is 5.96. The molecule has 2 aromatic heterocycles. The van der Waals surface area contributed by atoms with E-state index in [1.165, 1.54) is 6.92 Å². The second-order valence-corrected chi connectivity index (χ2v) is 11.2. The van der Waals surface area contributed by atoms with Crippen molar-refractivity contribution in [3.63, 3.8) is 0 Å². The molecule has 0 radical (unpaired) electrons. The first-order valence-electron chi connectivity index (χ1n) is 11.9. The first-order chi connectivity index (χ1) is 16.2. The van der Waals surface area contributed by atoms with E-state index in [1.54, 1.807) is 23.7 Å². The van der Waals surface area contributed by atoms with Crippen molar-refractivity contribution in [3.05, 3.63) is 35.1 Å². The number of fused-ring (bicyclic) bond motifs is 2. The summed E-state index contributed by atoms with van der Waals surface area (Å²) in [6.45, 7) is 6.26. The van der Waals surface area contributed by atoms with E-state index in [-0.39, 0.29) is 42.1 Å². The van der Waals surface area contributed by atoms with Crippen molar-refractivity contribution in [2.24, 2.45) is 16.7 Å². The summed E-state index contributed by atoms with van der Waals surface area (Å²) in [5.41, 5.74) is 0.956. The summed E-state index contributed by atoms with van der Waals surface area (Å²) in [5.74, 6) is -0.338. The number of thiazole rings is 1. The lowest BCUT2D eigenvalue weighted by Crippen LogP contribution is -2.57. The molecule has 2 aromatic rings. The molecule has 0 aromatic carbocycles. The molecular formula is C25H34N4O4S. The van der Waals surface area contributed by atoms with Gasteiger partial charge in [0.1, 0.15) is 5.01 Å². The molecule has 8 nitrogen and oxygen atoms in total. The second-order valence-electron chi connectivity index (χ2n) is 10.1. The second kappa shape index (κ2) is 9.71. The minimum Gasteiger partial charge on any atom is -0.396 e. The van der Waals surface area contributed by atoms with Gasteiger partial charge in [-0.1, -0.05) is 13.8 Å². The summed E-state index contributed by atoms with van der Waals surface area (Å²) < 4.78 is 0. The third kappa shape index (κ3) is 4.48. The zero-order valence-electron chi connectivity index (χ0n) is 20.0. The topological polar surface area (TPSA) is 124 Å². The highest BCUT2D eigenvalue weighted by atomic mass is 32.1. The molecule has 4 N–H and O–H groups in total. The van der Waals surface area contributed by atoms with Gasteiger partial charge in [0.25, 0.3) is 0 Å². The Kier molecular flexibility index (Phi) is 7.07. The van der Waals surface area contributed by atoms with Gasteiger partial charge in [-0.2, -0.15) is 0 Å². The predicted octanol–water partition coefficient (Wildman–Crippen LogP) is 2.26. The molecule has 0 unspecified atom stereocenters. The van der Waals surface area contributed by atoms with Gasteiger partial charge in [0.05, 0.1) is 18.4 Å². The lowest BCUT2D eigenvalue weighted by molar-refractivity contribution is -0.144. The molecule has 1 fully saturated rings. The van der Waals surface area contributed by atoms with Gasteiger partial charge in [-0.3, -0.25) is 14.6 Å². The summed E-state index contributed by atoms with van der Waals surface area (Å²) in [4.78, 5) is 34.5.